The highest BCUT2D eigenvalue weighted by molar-refractivity contribution is 6.31. The third-order valence-corrected chi connectivity index (χ3v) is 4.22. The van der Waals surface area contributed by atoms with E-state index in [9.17, 15) is 0 Å². The summed E-state index contributed by atoms with van der Waals surface area (Å²) in [5.74, 6) is 0.981. The minimum Gasteiger partial charge on any atom is -0.326 e. The second-order valence-electron chi connectivity index (χ2n) is 5.52. The number of pyridine rings is 1. The van der Waals surface area contributed by atoms with Gasteiger partial charge in [0.2, 0.25) is 0 Å². The molecule has 0 fully saturated rings. The smallest absolute Gasteiger partial charge is 0.133 e. The minimum atomic E-state index is 0.682. The van der Waals surface area contributed by atoms with Crippen LogP contribution in [0, 0.1) is 6.92 Å². The molecule has 1 N–H and O–H groups in total. The average molecular weight is 302 g/mol. The van der Waals surface area contributed by atoms with Gasteiger partial charge in [-0.1, -0.05) is 29.3 Å². The zero-order chi connectivity index (χ0) is 14.8. The fourth-order valence-electron chi connectivity index (χ4n) is 2.88. The molecule has 2 heterocycles. The van der Waals surface area contributed by atoms with Crippen LogP contribution in [0.3, 0.4) is 0 Å². The van der Waals surface area contributed by atoms with Crippen LogP contribution in [0.1, 0.15) is 23.2 Å². The fraction of sp³-hybridized carbons (Fsp3) is 0.353. The summed E-state index contributed by atoms with van der Waals surface area (Å²) >= 11 is 6.21. The Bertz CT molecular complexity index is 654. The summed E-state index contributed by atoms with van der Waals surface area (Å²) in [6, 6.07) is 10.6. The van der Waals surface area contributed by atoms with Crippen molar-refractivity contribution in [3.05, 3.63) is 52.2 Å². The van der Waals surface area contributed by atoms with Crippen molar-refractivity contribution < 1.29 is 0 Å². The van der Waals surface area contributed by atoms with Crippen LogP contribution in [-0.4, -0.2) is 18.6 Å². The van der Waals surface area contributed by atoms with Crippen molar-refractivity contribution in [3.8, 4) is 0 Å². The van der Waals surface area contributed by atoms with Crippen LogP contribution in [0.2, 0.25) is 5.02 Å². The third-order valence-electron chi connectivity index (χ3n) is 3.88. The quantitative estimate of drug-likeness (QED) is 0.933. The molecule has 0 bridgehead atoms. The number of aryl methyl sites for hydroxylation is 2. The summed E-state index contributed by atoms with van der Waals surface area (Å²) in [6.45, 7) is 3.83. The first-order chi connectivity index (χ1) is 10.2. The highest BCUT2D eigenvalue weighted by Gasteiger charge is 2.19. The maximum atomic E-state index is 6.21. The van der Waals surface area contributed by atoms with Crippen molar-refractivity contribution in [1.82, 2.24) is 10.3 Å². The lowest BCUT2D eigenvalue weighted by atomic mass is 9.99. The standard InChI is InChI=1S/C17H20ClN3/c1-12-5-7-16-13(10-12)4-3-9-21(16)17-8-6-14(18)15(20-17)11-19-2/h5-8,10,19H,3-4,9,11H2,1-2H3. The first kappa shape index (κ1) is 14.4. The van der Waals surface area contributed by atoms with E-state index in [-0.39, 0.29) is 0 Å². The Balaban J connectivity index is 2.00. The van der Waals surface area contributed by atoms with Gasteiger partial charge in [0.25, 0.3) is 0 Å². The largest absolute Gasteiger partial charge is 0.326 e. The van der Waals surface area contributed by atoms with E-state index in [4.69, 9.17) is 16.6 Å². The molecular weight excluding hydrogens is 282 g/mol. The molecule has 0 radical (unpaired) electrons. The molecule has 21 heavy (non-hydrogen) atoms. The molecule has 0 spiro atoms. The Kier molecular flexibility index (Phi) is 4.13. The molecule has 1 aromatic heterocycles. The van der Waals surface area contributed by atoms with Gasteiger partial charge in [-0.05, 0) is 50.6 Å². The molecule has 3 nitrogen and oxygen atoms in total. The van der Waals surface area contributed by atoms with Crippen molar-refractivity contribution in [2.75, 3.05) is 18.5 Å². The summed E-state index contributed by atoms with van der Waals surface area (Å²) in [7, 11) is 1.91. The lowest BCUT2D eigenvalue weighted by Gasteiger charge is -2.31. The molecule has 0 saturated carbocycles. The molecule has 0 atom stereocenters. The number of aromatic nitrogens is 1. The highest BCUT2D eigenvalue weighted by atomic mass is 35.5. The van der Waals surface area contributed by atoms with Crippen LogP contribution >= 0.6 is 11.6 Å². The molecule has 0 unspecified atom stereocenters. The summed E-state index contributed by atoms with van der Waals surface area (Å²) in [4.78, 5) is 7.04. The Morgan fingerprint density at radius 2 is 2.14 bits per heavy atom. The van der Waals surface area contributed by atoms with E-state index in [0.717, 1.165) is 30.9 Å². The molecule has 0 amide bonds. The van der Waals surface area contributed by atoms with E-state index >= 15 is 0 Å². The van der Waals surface area contributed by atoms with Crippen LogP contribution in [-0.2, 0) is 13.0 Å². The maximum Gasteiger partial charge on any atom is 0.133 e. The summed E-state index contributed by atoms with van der Waals surface area (Å²) in [5.41, 5.74) is 4.90. The van der Waals surface area contributed by atoms with Crippen LogP contribution in [0.5, 0.6) is 0 Å². The molecule has 1 aliphatic heterocycles. The normalized spacial score (nSPS) is 14.1. The SMILES string of the molecule is CNCc1nc(N2CCCc3cc(C)ccc32)ccc1Cl. The molecule has 0 aliphatic carbocycles. The summed E-state index contributed by atoms with van der Waals surface area (Å²) in [5, 5.41) is 3.83. The van der Waals surface area contributed by atoms with Crippen molar-refractivity contribution in [2.45, 2.75) is 26.3 Å². The van der Waals surface area contributed by atoms with E-state index in [1.54, 1.807) is 0 Å². The van der Waals surface area contributed by atoms with Gasteiger partial charge in [0, 0.05) is 18.8 Å². The lowest BCUT2D eigenvalue weighted by molar-refractivity contribution is 0.748. The van der Waals surface area contributed by atoms with Crippen LogP contribution in [0.4, 0.5) is 11.5 Å². The Labute approximate surface area is 131 Å². The molecule has 110 valence electrons. The van der Waals surface area contributed by atoms with Crippen molar-refractivity contribution >= 4 is 23.1 Å². The van der Waals surface area contributed by atoms with Gasteiger partial charge in [-0.15, -0.1) is 0 Å². The van der Waals surface area contributed by atoms with Gasteiger partial charge >= 0.3 is 0 Å². The fourth-order valence-corrected chi connectivity index (χ4v) is 3.05. The zero-order valence-electron chi connectivity index (χ0n) is 12.5. The molecule has 2 aromatic rings. The van der Waals surface area contributed by atoms with Gasteiger partial charge in [-0.3, -0.25) is 0 Å². The predicted molar refractivity (Wildman–Crippen MR) is 88.5 cm³/mol. The molecule has 3 rings (SSSR count). The molecule has 4 heteroatoms. The number of fused-ring (bicyclic) bond motifs is 1. The number of anilines is 2. The Hall–Kier alpha value is -1.58. The number of halogens is 1. The zero-order valence-corrected chi connectivity index (χ0v) is 13.2. The molecule has 1 aliphatic rings. The van der Waals surface area contributed by atoms with Crippen molar-refractivity contribution in [3.63, 3.8) is 0 Å². The van der Waals surface area contributed by atoms with Crippen molar-refractivity contribution in [2.24, 2.45) is 0 Å². The topological polar surface area (TPSA) is 28.2 Å². The van der Waals surface area contributed by atoms with Gasteiger partial charge in [-0.2, -0.15) is 0 Å². The average Bonchev–Trinajstić information content (AvgIpc) is 2.49. The van der Waals surface area contributed by atoms with E-state index < -0.39 is 0 Å². The lowest BCUT2D eigenvalue weighted by Crippen LogP contribution is -2.26. The second-order valence-corrected chi connectivity index (χ2v) is 5.92. The van der Waals surface area contributed by atoms with Crippen molar-refractivity contribution in [1.29, 1.82) is 0 Å². The van der Waals surface area contributed by atoms with Crippen LogP contribution in [0.25, 0.3) is 0 Å². The van der Waals surface area contributed by atoms with Gasteiger partial charge in [0.05, 0.1) is 10.7 Å². The number of nitrogens with one attached hydrogen (secondary N) is 1. The van der Waals surface area contributed by atoms with E-state index in [0.29, 0.717) is 11.6 Å². The molecule has 0 saturated heterocycles. The minimum absolute atomic E-state index is 0.682. The molecular formula is C17H20ClN3. The highest BCUT2D eigenvalue weighted by Crippen LogP contribution is 2.33. The van der Waals surface area contributed by atoms with E-state index in [1.165, 1.54) is 16.8 Å². The first-order valence-electron chi connectivity index (χ1n) is 7.36. The summed E-state index contributed by atoms with van der Waals surface area (Å²) in [6.07, 6.45) is 2.30. The van der Waals surface area contributed by atoms with Gasteiger partial charge in [0.1, 0.15) is 5.82 Å². The molecule has 1 aromatic carbocycles. The van der Waals surface area contributed by atoms with Crippen LogP contribution in [0.15, 0.2) is 30.3 Å². The Morgan fingerprint density at radius 1 is 1.29 bits per heavy atom. The van der Waals surface area contributed by atoms with Crippen LogP contribution < -0.4 is 10.2 Å². The number of rotatable bonds is 3. The van der Waals surface area contributed by atoms with E-state index in [1.807, 2.05) is 19.2 Å². The van der Waals surface area contributed by atoms with Gasteiger partial charge in [0.15, 0.2) is 0 Å². The third kappa shape index (κ3) is 2.89. The van der Waals surface area contributed by atoms with E-state index in [2.05, 4.69) is 35.3 Å². The Morgan fingerprint density at radius 3 is 2.95 bits per heavy atom. The number of hydrogen-bond donors (Lipinski definition) is 1. The van der Waals surface area contributed by atoms with Gasteiger partial charge < -0.3 is 10.2 Å². The predicted octanol–water partition coefficient (Wildman–Crippen LogP) is 3.85. The number of hydrogen-bond acceptors (Lipinski definition) is 3. The number of nitrogens with zero attached hydrogens (tertiary/aromatic N) is 2. The monoisotopic (exact) mass is 301 g/mol. The summed E-state index contributed by atoms with van der Waals surface area (Å²) < 4.78 is 0. The maximum absolute atomic E-state index is 6.21. The second kappa shape index (κ2) is 6.04. The first-order valence-corrected chi connectivity index (χ1v) is 7.74. The number of benzene rings is 1. The van der Waals surface area contributed by atoms with Gasteiger partial charge in [-0.25, -0.2) is 4.98 Å².